The molecule has 3 aromatic rings. The molecule has 6 heteroatoms. The SMILES string of the molecule is c1cc(-c2c[nH]c3nccc(N4CC[C@]5(CCCCN5)C4)c23)ncn1. The van der Waals surface area contributed by atoms with Crippen LogP contribution < -0.4 is 10.2 Å². The minimum absolute atomic E-state index is 0.291. The van der Waals surface area contributed by atoms with Gasteiger partial charge in [0.15, 0.2) is 0 Å². The number of H-pyrrole nitrogens is 1. The molecule has 0 aromatic carbocycles. The number of hydrogen-bond donors (Lipinski definition) is 2. The van der Waals surface area contributed by atoms with Crippen molar-refractivity contribution >= 4 is 16.7 Å². The second kappa shape index (κ2) is 5.81. The number of nitrogens with one attached hydrogen (secondary N) is 2. The molecular weight excluding hydrogens is 312 g/mol. The number of hydrogen-bond acceptors (Lipinski definition) is 5. The lowest BCUT2D eigenvalue weighted by molar-refractivity contribution is 0.280. The second-order valence-corrected chi connectivity index (χ2v) is 7.19. The largest absolute Gasteiger partial charge is 0.369 e. The summed E-state index contributed by atoms with van der Waals surface area (Å²) in [5.74, 6) is 0. The predicted molar refractivity (Wildman–Crippen MR) is 98.5 cm³/mol. The Balaban J connectivity index is 1.57. The van der Waals surface area contributed by atoms with Gasteiger partial charge in [-0.25, -0.2) is 15.0 Å². The number of fused-ring (bicyclic) bond motifs is 1. The summed E-state index contributed by atoms with van der Waals surface area (Å²) in [6.07, 6.45) is 12.4. The maximum Gasteiger partial charge on any atom is 0.140 e. The molecule has 128 valence electrons. The van der Waals surface area contributed by atoms with Crippen LogP contribution in [0.4, 0.5) is 5.69 Å². The van der Waals surface area contributed by atoms with E-state index < -0.39 is 0 Å². The first-order valence-corrected chi connectivity index (χ1v) is 9.07. The van der Waals surface area contributed by atoms with E-state index >= 15 is 0 Å². The summed E-state index contributed by atoms with van der Waals surface area (Å²) in [6.45, 7) is 3.30. The Hall–Kier alpha value is -2.47. The summed E-state index contributed by atoms with van der Waals surface area (Å²) in [4.78, 5) is 18.8. The van der Waals surface area contributed by atoms with E-state index in [0.29, 0.717) is 5.54 Å². The van der Waals surface area contributed by atoms with Crippen molar-refractivity contribution < 1.29 is 0 Å². The van der Waals surface area contributed by atoms with Crippen LogP contribution in [0, 0.1) is 0 Å². The van der Waals surface area contributed by atoms with Gasteiger partial charge in [0.25, 0.3) is 0 Å². The lowest BCUT2D eigenvalue weighted by Crippen LogP contribution is -2.50. The molecule has 5 heterocycles. The molecule has 1 spiro atoms. The molecule has 2 N–H and O–H groups in total. The molecule has 0 unspecified atom stereocenters. The minimum Gasteiger partial charge on any atom is -0.369 e. The van der Waals surface area contributed by atoms with Crippen molar-refractivity contribution in [3.8, 4) is 11.3 Å². The van der Waals surface area contributed by atoms with Gasteiger partial charge in [0.1, 0.15) is 12.0 Å². The Morgan fingerprint density at radius 2 is 2.08 bits per heavy atom. The van der Waals surface area contributed by atoms with Gasteiger partial charge < -0.3 is 15.2 Å². The van der Waals surface area contributed by atoms with Gasteiger partial charge in [-0.3, -0.25) is 0 Å². The zero-order valence-corrected chi connectivity index (χ0v) is 14.2. The molecule has 3 aromatic heterocycles. The molecule has 0 amide bonds. The van der Waals surface area contributed by atoms with E-state index in [1.54, 1.807) is 12.5 Å². The van der Waals surface area contributed by atoms with Crippen molar-refractivity contribution in [2.24, 2.45) is 0 Å². The van der Waals surface area contributed by atoms with Crippen molar-refractivity contribution in [3.63, 3.8) is 0 Å². The van der Waals surface area contributed by atoms with Gasteiger partial charge >= 0.3 is 0 Å². The summed E-state index contributed by atoms with van der Waals surface area (Å²) < 4.78 is 0. The minimum atomic E-state index is 0.291. The van der Waals surface area contributed by atoms with Crippen molar-refractivity contribution in [1.82, 2.24) is 25.3 Å². The van der Waals surface area contributed by atoms with E-state index in [1.165, 1.54) is 31.4 Å². The van der Waals surface area contributed by atoms with Gasteiger partial charge in [0.2, 0.25) is 0 Å². The highest BCUT2D eigenvalue weighted by molar-refractivity contribution is 6.02. The molecule has 2 fully saturated rings. The monoisotopic (exact) mass is 334 g/mol. The zero-order valence-electron chi connectivity index (χ0n) is 14.2. The molecule has 0 radical (unpaired) electrons. The standard InChI is InChI=1S/C19H22N6/c1-2-7-24-19(5-1)6-10-25(12-19)16-4-9-21-18-17(16)14(11-22-18)15-3-8-20-13-23-15/h3-4,8-9,11,13,24H,1-2,5-7,10,12H2,(H,21,22)/t19-/m1/s1. The van der Waals surface area contributed by atoms with Crippen LogP contribution in [0.1, 0.15) is 25.7 Å². The van der Waals surface area contributed by atoms with Crippen LogP contribution in [0.25, 0.3) is 22.3 Å². The number of piperidine rings is 1. The van der Waals surface area contributed by atoms with E-state index in [9.17, 15) is 0 Å². The smallest absolute Gasteiger partial charge is 0.140 e. The molecule has 0 saturated carbocycles. The first-order chi connectivity index (χ1) is 12.3. The average Bonchev–Trinajstić information content (AvgIpc) is 3.28. The molecular formula is C19H22N6. The quantitative estimate of drug-likeness (QED) is 0.754. The van der Waals surface area contributed by atoms with Crippen molar-refractivity contribution in [2.45, 2.75) is 31.2 Å². The lowest BCUT2D eigenvalue weighted by atomic mass is 9.88. The van der Waals surface area contributed by atoms with E-state index in [1.807, 2.05) is 18.5 Å². The second-order valence-electron chi connectivity index (χ2n) is 7.19. The summed E-state index contributed by atoms with van der Waals surface area (Å²) in [5, 5.41) is 4.96. The van der Waals surface area contributed by atoms with E-state index in [2.05, 4.69) is 36.2 Å². The lowest BCUT2D eigenvalue weighted by Gasteiger charge is -2.35. The molecule has 1 atom stereocenters. The van der Waals surface area contributed by atoms with E-state index in [4.69, 9.17) is 0 Å². The number of aromatic nitrogens is 4. The third-order valence-corrected chi connectivity index (χ3v) is 5.69. The molecule has 5 rings (SSSR count). The number of nitrogens with zero attached hydrogens (tertiary/aromatic N) is 4. The van der Waals surface area contributed by atoms with Crippen LogP contribution in [-0.2, 0) is 0 Å². The average molecular weight is 334 g/mol. The van der Waals surface area contributed by atoms with Crippen LogP contribution in [0.5, 0.6) is 0 Å². The molecule has 6 nitrogen and oxygen atoms in total. The summed E-state index contributed by atoms with van der Waals surface area (Å²) in [7, 11) is 0. The number of rotatable bonds is 2. The predicted octanol–water partition coefficient (Wildman–Crippen LogP) is 2.74. The maximum atomic E-state index is 4.52. The van der Waals surface area contributed by atoms with Crippen molar-refractivity contribution in [1.29, 1.82) is 0 Å². The topological polar surface area (TPSA) is 69.7 Å². The number of aromatic amines is 1. The van der Waals surface area contributed by atoms with Gasteiger partial charge in [0, 0.05) is 42.8 Å². The van der Waals surface area contributed by atoms with Gasteiger partial charge in [-0.05, 0) is 37.9 Å². The highest BCUT2D eigenvalue weighted by Gasteiger charge is 2.39. The van der Waals surface area contributed by atoms with E-state index in [0.717, 1.165) is 41.9 Å². The van der Waals surface area contributed by atoms with Crippen molar-refractivity contribution in [2.75, 3.05) is 24.5 Å². The number of anilines is 1. The molecule has 0 bridgehead atoms. The summed E-state index contributed by atoms with van der Waals surface area (Å²) in [5.41, 5.74) is 4.49. The molecule has 25 heavy (non-hydrogen) atoms. The summed E-state index contributed by atoms with van der Waals surface area (Å²) in [6, 6.07) is 4.09. The fourth-order valence-corrected chi connectivity index (χ4v) is 4.41. The Morgan fingerprint density at radius 1 is 1.08 bits per heavy atom. The van der Waals surface area contributed by atoms with Crippen LogP contribution in [0.3, 0.4) is 0 Å². The molecule has 2 aliphatic heterocycles. The van der Waals surface area contributed by atoms with E-state index in [-0.39, 0.29) is 0 Å². The third kappa shape index (κ3) is 2.48. The van der Waals surface area contributed by atoms with Crippen LogP contribution in [0.15, 0.2) is 37.1 Å². The van der Waals surface area contributed by atoms with Gasteiger partial charge in [-0.15, -0.1) is 0 Å². The Morgan fingerprint density at radius 3 is 2.92 bits per heavy atom. The maximum absolute atomic E-state index is 4.52. The van der Waals surface area contributed by atoms with Crippen molar-refractivity contribution in [3.05, 3.63) is 37.1 Å². The first-order valence-electron chi connectivity index (χ1n) is 9.07. The molecule has 0 aliphatic carbocycles. The summed E-state index contributed by atoms with van der Waals surface area (Å²) >= 11 is 0. The normalized spacial score (nSPS) is 23.6. The Kier molecular flexibility index (Phi) is 3.45. The van der Waals surface area contributed by atoms with Crippen LogP contribution in [-0.4, -0.2) is 45.1 Å². The highest BCUT2D eigenvalue weighted by Crippen LogP contribution is 2.38. The highest BCUT2D eigenvalue weighted by atomic mass is 15.2. The number of pyridine rings is 1. The molecule has 2 aliphatic rings. The Labute approximate surface area is 146 Å². The fourth-order valence-electron chi connectivity index (χ4n) is 4.41. The zero-order chi connectivity index (χ0) is 16.7. The van der Waals surface area contributed by atoms with Gasteiger partial charge in [0.05, 0.1) is 16.8 Å². The molecule has 2 saturated heterocycles. The van der Waals surface area contributed by atoms with Crippen LogP contribution in [0.2, 0.25) is 0 Å². The van der Waals surface area contributed by atoms with Gasteiger partial charge in [-0.2, -0.15) is 0 Å². The van der Waals surface area contributed by atoms with Crippen LogP contribution >= 0.6 is 0 Å². The third-order valence-electron chi connectivity index (χ3n) is 5.69. The Bertz CT molecular complexity index is 881. The van der Waals surface area contributed by atoms with Gasteiger partial charge in [-0.1, -0.05) is 6.42 Å². The fraction of sp³-hybridized carbons (Fsp3) is 0.421. The first kappa shape index (κ1) is 14.8.